The number of pyridine rings is 1. The number of amides is 1. The number of rotatable bonds is 4. The van der Waals surface area contributed by atoms with Crippen LogP contribution in [0, 0.1) is 12.8 Å². The highest BCUT2D eigenvalue weighted by atomic mass is 16.1. The molecule has 1 N–H and O–H groups in total. The largest absolute Gasteiger partial charge is 0.349 e. The lowest BCUT2D eigenvalue weighted by atomic mass is 10.1. The molecule has 3 nitrogen and oxygen atoms in total. The van der Waals surface area contributed by atoms with Crippen LogP contribution in [-0.2, 0) is 0 Å². The lowest BCUT2D eigenvalue weighted by Crippen LogP contribution is -2.34. The monoisotopic (exact) mass is 280 g/mol. The molecular weight excluding hydrogens is 260 g/mol. The fourth-order valence-corrected chi connectivity index (χ4v) is 2.57. The Morgan fingerprint density at radius 2 is 1.90 bits per heavy atom. The van der Waals surface area contributed by atoms with Gasteiger partial charge in [-0.05, 0) is 44.7 Å². The molecule has 1 heterocycles. The zero-order valence-corrected chi connectivity index (χ0v) is 12.5. The Balaban J connectivity index is 1.79. The first-order chi connectivity index (χ1) is 10.1. The van der Waals surface area contributed by atoms with Gasteiger partial charge in [-0.15, -0.1) is 0 Å². The highest BCUT2D eigenvalue weighted by Gasteiger charge is 2.29. The number of aromatic nitrogens is 1. The first-order valence-corrected chi connectivity index (χ1v) is 7.49. The molecule has 0 radical (unpaired) electrons. The smallest absolute Gasteiger partial charge is 0.253 e. The highest BCUT2D eigenvalue weighted by Crippen LogP contribution is 2.32. The van der Waals surface area contributed by atoms with Crippen LogP contribution in [-0.4, -0.2) is 16.9 Å². The van der Waals surface area contributed by atoms with Gasteiger partial charge in [-0.2, -0.15) is 0 Å². The number of aryl methyl sites for hydroxylation is 1. The minimum absolute atomic E-state index is 0.0148. The summed E-state index contributed by atoms with van der Waals surface area (Å²) >= 11 is 0. The normalized spacial score (nSPS) is 15.5. The molecule has 1 amide bonds. The van der Waals surface area contributed by atoms with Gasteiger partial charge < -0.3 is 5.32 Å². The Hall–Kier alpha value is -2.16. The SMILES string of the molecule is Cc1nc(-c2ccccc2)ccc1C(=O)N[C@H](C)C1CC1. The molecule has 3 heteroatoms. The van der Waals surface area contributed by atoms with Gasteiger partial charge in [-0.25, -0.2) is 0 Å². The summed E-state index contributed by atoms with van der Waals surface area (Å²) in [4.78, 5) is 16.9. The maximum Gasteiger partial charge on any atom is 0.253 e. The van der Waals surface area contributed by atoms with Gasteiger partial charge in [0.15, 0.2) is 0 Å². The van der Waals surface area contributed by atoms with Crippen molar-refractivity contribution in [2.75, 3.05) is 0 Å². The predicted octanol–water partition coefficient (Wildman–Crippen LogP) is 3.59. The van der Waals surface area contributed by atoms with E-state index in [4.69, 9.17) is 0 Å². The molecule has 108 valence electrons. The summed E-state index contributed by atoms with van der Waals surface area (Å²) in [7, 11) is 0. The zero-order valence-electron chi connectivity index (χ0n) is 12.5. The summed E-state index contributed by atoms with van der Waals surface area (Å²) in [5.74, 6) is 0.643. The van der Waals surface area contributed by atoms with E-state index in [0.29, 0.717) is 11.5 Å². The molecule has 0 aliphatic heterocycles. The lowest BCUT2D eigenvalue weighted by molar-refractivity contribution is 0.0935. The van der Waals surface area contributed by atoms with E-state index in [-0.39, 0.29) is 11.9 Å². The van der Waals surface area contributed by atoms with Crippen molar-refractivity contribution < 1.29 is 4.79 Å². The molecule has 1 fully saturated rings. The highest BCUT2D eigenvalue weighted by molar-refractivity contribution is 5.95. The number of hydrogen-bond acceptors (Lipinski definition) is 2. The van der Waals surface area contributed by atoms with E-state index in [1.807, 2.05) is 49.4 Å². The van der Waals surface area contributed by atoms with E-state index in [9.17, 15) is 4.79 Å². The molecule has 1 aromatic heterocycles. The van der Waals surface area contributed by atoms with Gasteiger partial charge in [0.05, 0.1) is 17.0 Å². The van der Waals surface area contributed by atoms with Crippen LogP contribution in [0.3, 0.4) is 0 Å². The molecule has 0 spiro atoms. The number of benzene rings is 1. The van der Waals surface area contributed by atoms with Gasteiger partial charge in [-0.1, -0.05) is 30.3 Å². The molecule has 1 aliphatic carbocycles. The van der Waals surface area contributed by atoms with Crippen LogP contribution in [0.2, 0.25) is 0 Å². The van der Waals surface area contributed by atoms with E-state index in [0.717, 1.165) is 17.0 Å². The van der Waals surface area contributed by atoms with Crippen LogP contribution >= 0.6 is 0 Å². The third kappa shape index (κ3) is 3.13. The van der Waals surface area contributed by atoms with E-state index in [1.54, 1.807) is 0 Å². The Kier molecular flexibility index (Phi) is 3.74. The summed E-state index contributed by atoms with van der Waals surface area (Å²) in [6.07, 6.45) is 2.46. The van der Waals surface area contributed by atoms with Crippen LogP contribution < -0.4 is 5.32 Å². The van der Waals surface area contributed by atoms with Crippen molar-refractivity contribution in [2.24, 2.45) is 5.92 Å². The maximum atomic E-state index is 12.3. The van der Waals surface area contributed by atoms with Crippen LogP contribution in [0.25, 0.3) is 11.3 Å². The van der Waals surface area contributed by atoms with Gasteiger partial charge in [0.1, 0.15) is 0 Å². The zero-order chi connectivity index (χ0) is 14.8. The molecule has 0 bridgehead atoms. The van der Waals surface area contributed by atoms with Crippen molar-refractivity contribution in [3.05, 3.63) is 53.7 Å². The van der Waals surface area contributed by atoms with Crippen molar-refractivity contribution in [3.63, 3.8) is 0 Å². The number of carbonyl (C=O) groups excluding carboxylic acids is 1. The molecule has 2 aromatic rings. The van der Waals surface area contributed by atoms with E-state index in [2.05, 4.69) is 17.2 Å². The van der Waals surface area contributed by atoms with E-state index in [1.165, 1.54) is 12.8 Å². The molecule has 3 rings (SSSR count). The van der Waals surface area contributed by atoms with Crippen molar-refractivity contribution in [2.45, 2.75) is 32.7 Å². The number of nitrogens with zero attached hydrogens (tertiary/aromatic N) is 1. The number of carbonyl (C=O) groups is 1. The first kappa shape index (κ1) is 13.8. The average Bonchev–Trinajstić information content (AvgIpc) is 3.32. The van der Waals surface area contributed by atoms with Crippen molar-refractivity contribution in [3.8, 4) is 11.3 Å². The summed E-state index contributed by atoms with van der Waals surface area (Å²) < 4.78 is 0. The van der Waals surface area contributed by atoms with Gasteiger partial charge in [0, 0.05) is 11.6 Å². The minimum atomic E-state index is -0.0148. The Morgan fingerprint density at radius 1 is 1.19 bits per heavy atom. The van der Waals surface area contributed by atoms with Crippen molar-refractivity contribution >= 4 is 5.91 Å². The third-order valence-electron chi connectivity index (χ3n) is 4.09. The molecule has 1 aliphatic rings. The molecule has 1 aromatic carbocycles. The molecular formula is C18H20N2O. The summed E-state index contributed by atoms with van der Waals surface area (Å²) in [6, 6.07) is 14.1. The Bertz CT molecular complexity index is 648. The van der Waals surface area contributed by atoms with Crippen LogP contribution in [0.5, 0.6) is 0 Å². The van der Waals surface area contributed by atoms with Gasteiger partial charge in [-0.3, -0.25) is 9.78 Å². The molecule has 21 heavy (non-hydrogen) atoms. The van der Waals surface area contributed by atoms with Gasteiger partial charge >= 0.3 is 0 Å². The standard InChI is InChI=1S/C18H20N2O/c1-12(14-8-9-14)20-18(21)16-10-11-17(19-13(16)2)15-6-4-3-5-7-15/h3-7,10-12,14H,8-9H2,1-2H3,(H,20,21)/t12-/m1/s1. The van der Waals surface area contributed by atoms with E-state index < -0.39 is 0 Å². The van der Waals surface area contributed by atoms with E-state index >= 15 is 0 Å². The lowest BCUT2D eigenvalue weighted by Gasteiger charge is -2.14. The summed E-state index contributed by atoms with van der Waals surface area (Å²) in [6.45, 7) is 3.97. The van der Waals surface area contributed by atoms with Crippen LogP contribution in [0.1, 0.15) is 35.8 Å². The molecule has 1 saturated carbocycles. The first-order valence-electron chi connectivity index (χ1n) is 7.49. The second-order valence-corrected chi connectivity index (χ2v) is 5.80. The van der Waals surface area contributed by atoms with Crippen molar-refractivity contribution in [1.82, 2.24) is 10.3 Å². The molecule has 0 unspecified atom stereocenters. The molecule has 0 saturated heterocycles. The quantitative estimate of drug-likeness (QED) is 0.930. The van der Waals surface area contributed by atoms with Crippen molar-refractivity contribution in [1.29, 1.82) is 0 Å². The Morgan fingerprint density at radius 3 is 2.52 bits per heavy atom. The van der Waals surface area contributed by atoms with Gasteiger partial charge in [0.2, 0.25) is 0 Å². The fraction of sp³-hybridized carbons (Fsp3) is 0.333. The van der Waals surface area contributed by atoms with Crippen LogP contribution in [0.15, 0.2) is 42.5 Å². The topological polar surface area (TPSA) is 42.0 Å². The second kappa shape index (κ2) is 5.68. The third-order valence-corrected chi connectivity index (χ3v) is 4.09. The predicted molar refractivity (Wildman–Crippen MR) is 84.1 cm³/mol. The maximum absolute atomic E-state index is 12.3. The number of nitrogens with one attached hydrogen (secondary N) is 1. The second-order valence-electron chi connectivity index (χ2n) is 5.80. The average molecular weight is 280 g/mol. The van der Waals surface area contributed by atoms with Crippen LogP contribution in [0.4, 0.5) is 0 Å². The molecule has 1 atom stereocenters. The minimum Gasteiger partial charge on any atom is -0.349 e. The number of hydrogen-bond donors (Lipinski definition) is 1. The summed E-state index contributed by atoms with van der Waals surface area (Å²) in [5, 5.41) is 3.08. The Labute approximate surface area is 125 Å². The van der Waals surface area contributed by atoms with Gasteiger partial charge in [0.25, 0.3) is 5.91 Å². The summed E-state index contributed by atoms with van der Waals surface area (Å²) in [5.41, 5.74) is 3.41. The fourth-order valence-electron chi connectivity index (χ4n) is 2.57.